The smallest absolute Gasteiger partial charge is 0.248 e. The fourth-order valence-corrected chi connectivity index (χ4v) is 6.86. The van der Waals surface area contributed by atoms with Gasteiger partial charge in [0.25, 0.3) is 0 Å². The maximum atomic E-state index is 13.5. The molecule has 3 aromatic rings. The highest BCUT2D eigenvalue weighted by atomic mass is 32.2. The number of carbonyl (C=O) groups is 1. The zero-order valence-corrected chi connectivity index (χ0v) is 22.3. The molecule has 2 unspecified atom stereocenters. The normalized spacial score (nSPS) is 21.2. The van der Waals surface area contributed by atoms with Crippen LogP contribution in [0.5, 0.6) is 0 Å². The van der Waals surface area contributed by atoms with Crippen molar-refractivity contribution in [1.82, 2.24) is 9.88 Å². The average molecular weight is 519 g/mol. The Kier molecular flexibility index (Phi) is 6.94. The molecule has 2 aliphatic rings. The standard InChI is InChI=1S/C30H34N2O4S/c1-4-15-30(20-32(26-11-12-26)29(33)19-36-30)18-21(2)22(3)37(34,35)27-13-9-23(10-14-27)25-8-7-24-6-5-16-31-28(24)17-25/h5-10,13-14,16-17,21,26H,3-4,11-12,15,18-20H2,1-2H3. The average Bonchev–Trinajstić information content (AvgIpc) is 3.75. The fraction of sp³-hybridized carbons (Fsp3) is 0.400. The molecule has 2 aromatic carbocycles. The number of hydrogen-bond donors (Lipinski definition) is 0. The van der Waals surface area contributed by atoms with E-state index in [9.17, 15) is 13.2 Å². The molecule has 1 aliphatic heterocycles. The summed E-state index contributed by atoms with van der Waals surface area (Å²) in [6.07, 6.45) is 6.02. The number of pyridine rings is 1. The molecule has 2 fully saturated rings. The monoisotopic (exact) mass is 518 g/mol. The summed E-state index contributed by atoms with van der Waals surface area (Å²) in [5, 5.41) is 1.06. The van der Waals surface area contributed by atoms with Gasteiger partial charge in [-0.05, 0) is 67.0 Å². The van der Waals surface area contributed by atoms with E-state index in [1.54, 1.807) is 18.3 Å². The lowest BCUT2D eigenvalue weighted by atomic mass is 9.85. The molecule has 6 nitrogen and oxygen atoms in total. The van der Waals surface area contributed by atoms with Gasteiger partial charge in [-0.3, -0.25) is 9.78 Å². The molecule has 0 radical (unpaired) electrons. The summed E-state index contributed by atoms with van der Waals surface area (Å²) in [4.78, 5) is 19.2. The Balaban J connectivity index is 1.33. The summed E-state index contributed by atoms with van der Waals surface area (Å²) in [5.41, 5.74) is 2.25. The van der Waals surface area contributed by atoms with Crippen LogP contribution in [0.3, 0.4) is 0 Å². The quantitative estimate of drug-likeness (QED) is 0.359. The van der Waals surface area contributed by atoms with Gasteiger partial charge in [0.15, 0.2) is 0 Å². The molecule has 1 amide bonds. The summed E-state index contributed by atoms with van der Waals surface area (Å²) in [6, 6.07) is 17.2. The predicted octanol–water partition coefficient (Wildman–Crippen LogP) is 5.78. The van der Waals surface area contributed by atoms with E-state index in [1.165, 1.54) is 0 Å². The number of amides is 1. The van der Waals surface area contributed by atoms with Gasteiger partial charge in [0, 0.05) is 22.5 Å². The molecule has 1 saturated heterocycles. The molecule has 194 valence electrons. The first-order valence-corrected chi connectivity index (χ1v) is 14.5. The number of hydrogen-bond acceptors (Lipinski definition) is 5. The van der Waals surface area contributed by atoms with Crippen molar-refractivity contribution in [2.45, 2.75) is 62.5 Å². The summed E-state index contributed by atoms with van der Waals surface area (Å²) in [7, 11) is -3.74. The zero-order valence-electron chi connectivity index (χ0n) is 21.5. The second-order valence-electron chi connectivity index (χ2n) is 10.5. The lowest BCUT2D eigenvalue weighted by Crippen LogP contribution is -2.56. The molecule has 2 heterocycles. The molecule has 1 saturated carbocycles. The Bertz CT molecular complexity index is 1430. The van der Waals surface area contributed by atoms with E-state index in [4.69, 9.17) is 4.74 Å². The Labute approximate surface area is 219 Å². The van der Waals surface area contributed by atoms with Crippen LogP contribution in [0.4, 0.5) is 0 Å². The summed E-state index contributed by atoms with van der Waals surface area (Å²) < 4.78 is 33.2. The first-order valence-electron chi connectivity index (χ1n) is 13.0. The minimum atomic E-state index is -3.74. The van der Waals surface area contributed by atoms with Crippen LogP contribution in [0, 0.1) is 5.92 Å². The van der Waals surface area contributed by atoms with Crippen LogP contribution in [-0.4, -0.2) is 49.0 Å². The van der Waals surface area contributed by atoms with E-state index in [1.807, 2.05) is 54.3 Å². The van der Waals surface area contributed by atoms with Crippen LogP contribution in [0.1, 0.15) is 46.0 Å². The van der Waals surface area contributed by atoms with E-state index in [0.29, 0.717) is 19.0 Å². The van der Waals surface area contributed by atoms with Crippen molar-refractivity contribution in [1.29, 1.82) is 0 Å². The van der Waals surface area contributed by atoms with Gasteiger partial charge >= 0.3 is 0 Å². The number of carbonyl (C=O) groups excluding carboxylic acids is 1. The van der Waals surface area contributed by atoms with Crippen molar-refractivity contribution in [2.75, 3.05) is 13.2 Å². The van der Waals surface area contributed by atoms with Crippen LogP contribution in [0.15, 0.2) is 77.2 Å². The topological polar surface area (TPSA) is 76.6 Å². The van der Waals surface area contributed by atoms with Crippen molar-refractivity contribution in [3.05, 3.63) is 72.3 Å². The van der Waals surface area contributed by atoms with Crippen LogP contribution in [0.2, 0.25) is 0 Å². The van der Waals surface area contributed by atoms with Crippen molar-refractivity contribution >= 4 is 26.6 Å². The predicted molar refractivity (Wildman–Crippen MR) is 146 cm³/mol. The second-order valence-corrected chi connectivity index (χ2v) is 12.5. The number of ether oxygens (including phenoxy) is 1. The highest BCUT2D eigenvalue weighted by molar-refractivity contribution is 7.95. The van der Waals surface area contributed by atoms with Crippen molar-refractivity contribution in [3.8, 4) is 11.1 Å². The number of morpholine rings is 1. The van der Waals surface area contributed by atoms with E-state index >= 15 is 0 Å². The van der Waals surface area contributed by atoms with Gasteiger partial charge < -0.3 is 9.64 Å². The maximum absolute atomic E-state index is 13.5. The SMILES string of the molecule is C=C(C(C)CC1(CCC)CN(C2CC2)C(=O)CO1)S(=O)(=O)c1ccc(-c2ccc3cccnc3c2)cc1. The van der Waals surface area contributed by atoms with E-state index < -0.39 is 15.4 Å². The number of sulfone groups is 1. The maximum Gasteiger partial charge on any atom is 0.248 e. The van der Waals surface area contributed by atoms with Gasteiger partial charge in [-0.2, -0.15) is 0 Å². The van der Waals surface area contributed by atoms with E-state index in [0.717, 1.165) is 47.7 Å². The molecular formula is C30H34N2O4S. The number of aromatic nitrogens is 1. The lowest BCUT2D eigenvalue weighted by Gasteiger charge is -2.44. The van der Waals surface area contributed by atoms with Gasteiger partial charge in [-0.25, -0.2) is 8.42 Å². The third kappa shape index (κ3) is 5.20. The third-order valence-corrected chi connectivity index (χ3v) is 9.64. The van der Waals surface area contributed by atoms with Crippen molar-refractivity contribution in [3.63, 3.8) is 0 Å². The number of fused-ring (bicyclic) bond motifs is 1. The number of benzene rings is 2. The molecule has 5 rings (SSSR count). The van der Waals surface area contributed by atoms with Gasteiger partial charge in [-0.15, -0.1) is 0 Å². The Morgan fingerprint density at radius 3 is 2.59 bits per heavy atom. The molecule has 0 bridgehead atoms. The summed E-state index contributed by atoms with van der Waals surface area (Å²) in [5.74, 6) is -0.285. The fourth-order valence-electron chi connectivity index (χ4n) is 5.45. The van der Waals surface area contributed by atoms with Gasteiger partial charge in [0.05, 0.1) is 22.6 Å². The summed E-state index contributed by atoms with van der Waals surface area (Å²) >= 11 is 0. The molecular weight excluding hydrogens is 484 g/mol. The lowest BCUT2D eigenvalue weighted by molar-refractivity contribution is -0.168. The van der Waals surface area contributed by atoms with Crippen LogP contribution in [-0.2, 0) is 19.4 Å². The molecule has 2 atom stereocenters. The van der Waals surface area contributed by atoms with Gasteiger partial charge in [0.1, 0.15) is 6.61 Å². The van der Waals surface area contributed by atoms with Crippen LogP contribution < -0.4 is 0 Å². The minimum absolute atomic E-state index is 0.0376. The zero-order chi connectivity index (χ0) is 26.2. The van der Waals surface area contributed by atoms with Crippen LogP contribution in [0.25, 0.3) is 22.0 Å². The highest BCUT2D eigenvalue weighted by Gasteiger charge is 2.45. The van der Waals surface area contributed by atoms with Gasteiger partial charge in [-0.1, -0.05) is 57.2 Å². The molecule has 7 heteroatoms. The molecule has 1 aliphatic carbocycles. The molecule has 0 spiro atoms. The first kappa shape index (κ1) is 25.6. The largest absolute Gasteiger partial charge is 0.363 e. The first-order chi connectivity index (χ1) is 17.7. The molecule has 37 heavy (non-hydrogen) atoms. The van der Waals surface area contributed by atoms with E-state index in [2.05, 4.69) is 18.5 Å². The highest BCUT2D eigenvalue weighted by Crippen LogP contribution is 2.39. The minimum Gasteiger partial charge on any atom is -0.363 e. The second kappa shape index (κ2) is 10.0. The van der Waals surface area contributed by atoms with Crippen molar-refractivity contribution < 1.29 is 17.9 Å². The number of nitrogens with zero attached hydrogens (tertiary/aromatic N) is 2. The number of allylic oxidation sites excluding steroid dienone is 1. The molecule has 1 aromatic heterocycles. The Morgan fingerprint density at radius 1 is 1.16 bits per heavy atom. The molecule has 0 N–H and O–H groups in total. The van der Waals surface area contributed by atoms with Gasteiger partial charge in [0.2, 0.25) is 15.7 Å². The van der Waals surface area contributed by atoms with E-state index in [-0.39, 0.29) is 28.2 Å². The third-order valence-electron chi connectivity index (χ3n) is 7.65. The summed E-state index contributed by atoms with van der Waals surface area (Å²) in [6.45, 7) is 8.60. The Morgan fingerprint density at radius 2 is 1.89 bits per heavy atom. The Hall–Kier alpha value is -3.03. The van der Waals surface area contributed by atoms with Crippen molar-refractivity contribution in [2.24, 2.45) is 5.92 Å². The number of rotatable bonds is 9. The van der Waals surface area contributed by atoms with Crippen LogP contribution >= 0.6 is 0 Å².